The van der Waals surface area contributed by atoms with Crippen LogP contribution in [-0.2, 0) is 4.74 Å². The maximum Gasteiger partial charge on any atom is 0.161 e. The Bertz CT molecular complexity index is 500. The van der Waals surface area contributed by atoms with Crippen LogP contribution in [0.15, 0.2) is 18.2 Å². The van der Waals surface area contributed by atoms with Crippen molar-refractivity contribution in [2.75, 3.05) is 31.1 Å². The molecule has 1 aromatic rings. The van der Waals surface area contributed by atoms with Crippen LogP contribution < -0.4 is 10.2 Å². The molecule has 20 heavy (non-hydrogen) atoms. The second-order valence-corrected chi connectivity index (χ2v) is 4.92. The van der Waals surface area contributed by atoms with Gasteiger partial charge in [-0.2, -0.15) is 5.26 Å². The van der Waals surface area contributed by atoms with E-state index in [9.17, 15) is 4.39 Å². The number of nitrogens with zero attached hydrogens (tertiary/aromatic N) is 2. The molecule has 0 aliphatic carbocycles. The minimum absolute atomic E-state index is 0.125. The quantitative estimate of drug-likeness (QED) is 0.917. The molecule has 0 saturated carbocycles. The number of hydrogen-bond donors (Lipinski definition) is 1. The largest absolute Gasteiger partial charge is 0.363 e. The van der Waals surface area contributed by atoms with E-state index in [1.807, 2.05) is 24.8 Å². The highest BCUT2D eigenvalue weighted by atomic mass is 19.1. The third-order valence-corrected chi connectivity index (χ3v) is 3.53. The summed E-state index contributed by atoms with van der Waals surface area (Å²) in [6.45, 7) is 6.35. The first-order chi connectivity index (χ1) is 9.65. The maximum absolute atomic E-state index is 14.3. The standard InChI is InChI=1S/C15H20FN3O/c1-3-18-11(2)12-4-5-15(14(16)8-12)19-6-7-20-13(9-17)10-19/h4-5,8,11,13,18H,3,6-7,10H2,1-2H3. The molecule has 0 spiro atoms. The number of hydrogen-bond acceptors (Lipinski definition) is 4. The number of morpholine rings is 1. The number of nitrogens with one attached hydrogen (secondary N) is 1. The Kier molecular flexibility index (Phi) is 4.94. The number of benzene rings is 1. The van der Waals surface area contributed by atoms with Crippen molar-refractivity contribution in [3.05, 3.63) is 29.6 Å². The van der Waals surface area contributed by atoms with E-state index >= 15 is 0 Å². The van der Waals surface area contributed by atoms with E-state index in [0.717, 1.165) is 12.1 Å². The first-order valence-electron chi connectivity index (χ1n) is 6.94. The highest BCUT2D eigenvalue weighted by Gasteiger charge is 2.22. The van der Waals surface area contributed by atoms with Gasteiger partial charge in [-0.15, -0.1) is 0 Å². The van der Waals surface area contributed by atoms with Crippen LogP contribution in [0.4, 0.5) is 10.1 Å². The van der Waals surface area contributed by atoms with Crippen LogP contribution in [0.5, 0.6) is 0 Å². The summed E-state index contributed by atoms with van der Waals surface area (Å²) < 4.78 is 19.6. The molecule has 1 aromatic carbocycles. The Labute approximate surface area is 119 Å². The Balaban J connectivity index is 2.15. The molecule has 1 fully saturated rings. The first-order valence-corrected chi connectivity index (χ1v) is 6.94. The van der Waals surface area contributed by atoms with Gasteiger partial charge in [0.25, 0.3) is 0 Å². The highest BCUT2D eigenvalue weighted by Crippen LogP contribution is 2.25. The van der Waals surface area contributed by atoms with Crippen molar-refractivity contribution in [1.82, 2.24) is 5.32 Å². The van der Waals surface area contributed by atoms with Crippen LogP contribution in [0.2, 0.25) is 0 Å². The number of anilines is 1. The minimum Gasteiger partial charge on any atom is -0.363 e. The number of rotatable bonds is 4. The summed E-state index contributed by atoms with van der Waals surface area (Å²) in [7, 11) is 0. The van der Waals surface area contributed by atoms with Crippen LogP contribution in [0, 0.1) is 17.1 Å². The monoisotopic (exact) mass is 277 g/mol. The van der Waals surface area contributed by atoms with Gasteiger partial charge in [0.1, 0.15) is 5.82 Å². The Morgan fingerprint density at radius 3 is 3.05 bits per heavy atom. The summed E-state index contributed by atoms with van der Waals surface area (Å²) in [4.78, 5) is 1.87. The van der Waals surface area contributed by atoms with E-state index in [1.54, 1.807) is 12.1 Å². The zero-order valence-corrected chi connectivity index (χ0v) is 11.9. The fourth-order valence-corrected chi connectivity index (χ4v) is 2.42. The molecule has 2 atom stereocenters. The van der Waals surface area contributed by atoms with Crippen LogP contribution in [0.3, 0.4) is 0 Å². The van der Waals surface area contributed by atoms with Crippen molar-refractivity contribution >= 4 is 5.69 Å². The van der Waals surface area contributed by atoms with Gasteiger partial charge in [-0.1, -0.05) is 13.0 Å². The van der Waals surface area contributed by atoms with Gasteiger partial charge in [0.2, 0.25) is 0 Å². The number of ether oxygens (including phenoxy) is 1. The molecule has 2 unspecified atom stereocenters. The molecule has 1 aliphatic rings. The van der Waals surface area contributed by atoms with Crippen molar-refractivity contribution < 1.29 is 9.13 Å². The molecular formula is C15H20FN3O. The zero-order valence-electron chi connectivity index (χ0n) is 11.9. The van der Waals surface area contributed by atoms with Crippen molar-refractivity contribution in [2.45, 2.75) is 26.0 Å². The molecular weight excluding hydrogens is 257 g/mol. The summed E-state index contributed by atoms with van der Waals surface area (Å²) in [5.41, 5.74) is 1.47. The van der Waals surface area contributed by atoms with Gasteiger partial charge in [0.05, 0.1) is 24.9 Å². The van der Waals surface area contributed by atoms with Gasteiger partial charge >= 0.3 is 0 Å². The van der Waals surface area contributed by atoms with Crippen LogP contribution >= 0.6 is 0 Å². The lowest BCUT2D eigenvalue weighted by atomic mass is 10.1. The van der Waals surface area contributed by atoms with E-state index < -0.39 is 6.10 Å². The van der Waals surface area contributed by atoms with Crippen LogP contribution in [0.25, 0.3) is 0 Å². The molecule has 1 heterocycles. The molecule has 0 aromatic heterocycles. The average molecular weight is 277 g/mol. The maximum atomic E-state index is 14.3. The Morgan fingerprint density at radius 1 is 1.60 bits per heavy atom. The average Bonchev–Trinajstić information content (AvgIpc) is 2.47. The van der Waals surface area contributed by atoms with Gasteiger partial charge in [-0.05, 0) is 31.2 Å². The molecule has 1 N–H and O–H groups in total. The lowest BCUT2D eigenvalue weighted by Gasteiger charge is -2.32. The fraction of sp³-hybridized carbons (Fsp3) is 0.533. The Morgan fingerprint density at radius 2 is 2.40 bits per heavy atom. The molecule has 1 saturated heterocycles. The van der Waals surface area contributed by atoms with Gasteiger partial charge in [-0.3, -0.25) is 0 Å². The van der Waals surface area contributed by atoms with E-state index in [0.29, 0.717) is 25.4 Å². The lowest BCUT2D eigenvalue weighted by Crippen LogP contribution is -2.42. The minimum atomic E-state index is -0.483. The fourth-order valence-electron chi connectivity index (χ4n) is 2.42. The third kappa shape index (κ3) is 3.27. The molecule has 4 nitrogen and oxygen atoms in total. The van der Waals surface area contributed by atoms with Crippen LogP contribution in [0.1, 0.15) is 25.5 Å². The summed E-state index contributed by atoms with van der Waals surface area (Å²) in [5, 5.41) is 12.2. The van der Waals surface area contributed by atoms with E-state index in [2.05, 4.69) is 11.4 Å². The summed E-state index contributed by atoms with van der Waals surface area (Å²) >= 11 is 0. The zero-order chi connectivity index (χ0) is 14.5. The Hall–Kier alpha value is -1.64. The van der Waals surface area contributed by atoms with E-state index in [-0.39, 0.29) is 11.9 Å². The first kappa shape index (κ1) is 14.8. The van der Waals surface area contributed by atoms with Gasteiger partial charge in [0.15, 0.2) is 6.10 Å². The molecule has 5 heteroatoms. The number of halogens is 1. The lowest BCUT2D eigenvalue weighted by molar-refractivity contribution is 0.0762. The van der Waals surface area contributed by atoms with Gasteiger partial charge in [-0.25, -0.2) is 4.39 Å². The van der Waals surface area contributed by atoms with E-state index in [1.165, 1.54) is 0 Å². The van der Waals surface area contributed by atoms with Gasteiger partial charge in [0, 0.05) is 12.6 Å². The summed E-state index contributed by atoms with van der Waals surface area (Å²) in [6.07, 6.45) is -0.483. The molecule has 1 aliphatic heterocycles. The molecule has 0 bridgehead atoms. The highest BCUT2D eigenvalue weighted by molar-refractivity contribution is 5.50. The molecule has 2 rings (SSSR count). The predicted molar refractivity (Wildman–Crippen MR) is 76.1 cm³/mol. The van der Waals surface area contributed by atoms with Crippen molar-refractivity contribution in [1.29, 1.82) is 5.26 Å². The number of nitriles is 1. The smallest absolute Gasteiger partial charge is 0.161 e. The molecule has 108 valence electrons. The molecule has 0 radical (unpaired) electrons. The van der Waals surface area contributed by atoms with Crippen molar-refractivity contribution in [2.24, 2.45) is 0 Å². The SMILES string of the molecule is CCNC(C)c1ccc(N2CCOC(C#N)C2)c(F)c1. The third-order valence-electron chi connectivity index (χ3n) is 3.53. The summed E-state index contributed by atoms with van der Waals surface area (Å²) in [5.74, 6) is -0.245. The van der Waals surface area contributed by atoms with Gasteiger partial charge < -0.3 is 15.0 Å². The normalized spacial score (nSPS) is 20.5. The summed E-state index contributed by atoms with van der Waals surface area (Å²) in [6, 6.07) is 7.49. The van der Waals surface area contributed by atoms with E-state index in [4.69, 9.17) is 10.00 Å². The second-order valence-electron chi connectivity index (χ2n) is 4.92. The molecule has 0 amide bonds. The van der Waals surface area contributed by atoms with Crippen LogP contribution in [-0.4, -0.2) is 32.3 Å². The van der Waals surface area contributed by atoms with Crippen molar-refractivity contribution in [3.8, 4) is 6.07 Å². The second kappa shape index (κ2) is 6.69. The predicted octanol–water partition coefficient (Wildman–Crippen LogP) is 2.22. The topological polar surface area (TPSA) is 48.3 Å². The van der Waals surface area contributed by atoms with Crippen molar-refractivity contribution in [3.63, 3.8) is 0 Å².